The third kappa shape index (κ3) is 1.91. The maximum atomic E-state index is 11.9. The Hall–Kier alpha value is -1.10. The highest BCUT2D eigenvalue weighted by Gasteiger charge is 2.08. The van der Waals surface area contributed by atoms with E-state index in [9.17, 15) is 8.78 Å². The zero-order chi connectivity index (χ0) is 8.27. The van der Waals surface area contributed by atoms with Gasteiger partial charge in [-0.05, 0) is 0 Å². The van der Waals surface area contributed by atoms with Crippen molar-refractivity contribution in [2.75, 3.05) is 0 Å². The van der Waals surface area contributed by atoms with Crippen LogP contribution in [0.1, 0.15) is 17.8 Å². The molecule has 3 nitrogen and oxygen atoms in total. The largest absolute Gasteiger partial charge is 0.325 e. The smallest absolute Gasteiger partial charge is 0.281 e. The molecule has 0 bridgehead atoms. The lowest BCUT2D eigenvalue weighted by atomic mass is 10.4. The maximum Gasteiger partial charge on any atom is 0.281 e. The van der Waals surface area contributed by atoms with E-state index in [1.165, 1.54) is 6.20 Å². The van der Waals surface area contributed by atoms with Crippen molar-refractivity contribution in [3.05, 3.63) is 23.8 Å². The van der Waals surface area contributed by atoms with Crippen LogP contribution in [0.15, 0.2) is 12.4 Å². The number of halogens is 2. The molecule has 2 N–H and O–H groups in total. The third-order valence-corrected chi connectivity index (χ3v) is 1.14. The van der Waals surface area contributed by atoms with Gasteiger partial charge in [0.1, 0.15) is 5.69 Å². The molecule has 60 valence electrons. The van der Waals surface area contributed by atoms with Crippen molar-refractivity contribution >= 4 is 0 Å². The molecule has 0 aromatic carbocycles. The molecule has 1 aromatic rings. The Morgan fingerprint density at radius 3 is 2.73 bits per heavy atom. The summed E-state index contributed by atoms with van der Waals surface area (Å²) >= 11 is 0. The van der Waals surface area contributed by atoms with Gasteiger partial charge < -0.3 is 5.73 Å². The maximum absolute atomic E-state index is 11.9. The topological polar surface area (TPSA) is 51.8 Å². The van der Waals surface area contributed by atoms with Gasteiger partial charge in [0.05, 0.1) is 11.9 Å². The van der Waals surface area contributed by atoms with E-state index in [0.717, 1.165) is 6.20 Å². The average Bonchev–Trinajstić information content (AvgIpc) is 2.05. The summed E-state index contributed by atoms with van der Waals surface area (Å²) in [6, 6.07) is 0. The zero-order valence-corrected chi connectivity index (χ0v) is 5.67. The van der Waals surface area contributed by atoms with Crippen molar-refractivity contribution < 1.29 is 8.78 Å². The van der Waals surface area contributed by atoms with Gasteiger partial charge in [0.15, 0.2) is 0 Å². The van der Waals surface area contributed by atoms with Crippen molar-refractivity contribution in [2.24, 2.45) is 5.73 Å². The fourth-order valence-electron chi connectivity index (χ4n) is 0.627. The van der Waals surface area contributed by atoms with Crippen molar-refractivity contribution in [2.45, 2.75) is 13.0 Å². The Kier molecular flexibility index (Phi) is 2.43. The quantitative estimate of drug-likeness (QED) is 0.696. The molecule has 0 spiro atoms. The Labute approximate surface area is 62.3 Å². The summed E-state index contributed by atoms with van der Waals surface area (Å²) in [6.45, 7) is 0.132. The molecular formula is C6H7F2N3. The van der Waals surface area contributed by atoms with Gasteiger partial charge in [-0.3, -0.25) is 4.98 Å². The molecule has 1 heterocycles. The summed E-state index contributed by atoms with van der Waals surface area (Å²) < 4.78 is 23.9. The van der Waals surface area contributed by atoms with E-state index in [4.69, 9.17) is 5.73 Å². The van der Waals surface area contributed by atoms with Crippen LogP contribution in [0.4, 0.5) is 8.78 Å². The second-order valence-electron chi connectivity index (χ2n) is 1.94. The highest BCUT2D eigenvalue weighted by Crippen LogP contribution is 2.14. The van der Waals surface area contributed by atoms with Gasteiger partial charge in [-0.15, -0.1) is 0 Å². The first kappa shape index (κ1) is 8.00. The number of nitrogens with zero attached hydrogens (tertiary/aromatic N) is 2. The molecule has 1 aromatic heterocycles. The molecule has 0 radical (unpaired) electrons. The summed E-state index contributed by atoms with van der Waals surface area (Å²) in [5.41, 5.74) is 5.22. The van der Waals surface area contributed by atoms with Gasteiger partial charge in [-0.25, -0.2) is 13.8 Å². The van der Waals surface area contributed by atoms with E-state index in [1.807, 2.05) is 0 Å². The number of alkyl halides is 2. The molecule has 0 aliphatic carbocycles. The summed E-state index contributed by atoms with van der Waals surface area (Å²) in [7, 11) is 0. The van der Waals surface area contributed by atoms with Crippen LogP contribution < -0.4 is 5.73 Å². The van der Waals surface area contributed by atoms with E-state index in [2.05, 4.69) is 9.97 Å². The SMILES string of the molecule is NCc1cncc(C(F)F)n1. The zero-order valence-electron chi connectivity index (χ0n) is 5.67. The van der Waals surface area contributed by atoms with Crippen molar-refractivity contribution in [3.63, 3.8) is 0 Å². The van der Waals surface area contributed by atoms with Crippen LogP contribution in [-0.4, -0.2) is 9.97 Å². The van der Waals surface area contributed by atoms with Crippen LogP contribution in [0.2, 0.25) is 0 Å². The summed E-state index contributed by atoms with van der Waals surface area (Å²) in [4.78, 5) is 7.11. The monoisotopic (exact) mass is 159 g/mol. The van der Waals surface area contributed by atoms with E-state index in [1.54, 1.807) is 0 Å². The lowest BCUT2D eigenvalue weighted by molar-refractivity contribution is 0.145. The Balaban J connectivity index is 2.91. The second kappa shape index (κ2) is 3.34. The highest BCUT2D eigenvalue weighted by molar-refractivity contribution is 5.03. The van der Waals surface area contributed by atoms with Crippen molar-refractivity contribution in [1.82, 2.24) is 9.97 Å². The molecule has 5 heteroatoms. The van der Waals surface area contributed by atoms with Gasteiger partial charge in [0.2, 0.25) is 0 Å². The fraction of sp³-hybridized carbons (Fsp3) is 0.333. The Morgan fingerprint density at radius 2 is 2.18 bits per heavy atom. The molecule has 0 atom stereocenters. The van der Waals surface area contributed by atoms with Crippen LogP contribution in [0.5, 0.6) is 0 Å². The number of hydrogen-bond acceptors (Lipinski definition) is 3. The molecule has 0 saturated carbocycles. The van der Waals surface area contributed by atoms with Crippen LogP contribution in [0, 0.1) is 0 Å². The minimum absolute atomic E-state index is 0.132. The van der Waals surface area contributed by atoms with Crippen LogP contribution in [-0.2, 0) is 6.54 Å². The first-order chi connectivity index (χ1) is 5.24. The van der Waals surface area contributed by atoms with Gasteiger partial charge in [-0.1, -0.05) is 0 Å². The van der Waals surface area contributed by atoms with Crippen LogP contribution >= 0.6 is 0 Å². The van der Waals surface area contributed by atoms with Gasteiger partial charge in [0, 0.05) is 12.7 Å². The highest BCUT2D eigenvalue weighted by atomic mass is 19.3. The van der Waals surface area contributed by atoms with E-state index in [0.29, 0.717) is 5.69 Å². The lowest BCUT2D eigenvalue weighted by Crippen LogP contribution is -2.03. The van der Waals surface area contributed by atoms with Crippen molar-refractivity contribution in [1.29, 1.82) is 0 Å². The fourth-order valence-corrected chi connectivity index (χ4v) is 0.627. The summed E-state index contributed by atoms with van der Waals surface area (Å²) in [5.74, 6) is 0. The van der Waals surface area contributed by atoms with Gasteiger partial charge >= 0.3 is 0 Å². The van der Waals surface area contributed by atoms with Crippen LogP contribution in [0.25, 0.3) is 0 Å². The summed E-state index contributed by atoms with van der Waals surface area (Å²) in [5, 5.41) is 0. The molecule has 0 unspecified atom stereocenters. The van der Waals surface area contributed by atoms with Crippen molar-refractivity contribution in [3.8, 4) is 0 Å². The normalized spacial score (nSPS) is 10.5. The number of aromatic nitrogens is 2. The number of rotatable bonds is 2. The second-order valence-corrected chi connectivity index (χ2v) is 1.94. The minimum Gasteiger partial charge on any atom is -0.325 e. The van der Waals surface area contributed by atoms with Gasteiger partial charge in [0.25, 0.3) is 6.43 Å². The molecule has 0 amide bonds. The minimum atomic E-state index is -2.58. The standard InChI is InChI=1S/C6H7F2N3/c7-6(8)5-3-10-2-4(1-9)11-5/h2-3,6H,1,9H2. The Morgan fingerprint density at radius 1 is 1.45 bits per heavy atom. The third-order valence-electron chi connectivity index (χ3n) is 1.14. The molecular weight excluding hydrogens is 152 g/mol. The molecule has 1 rings (SSSR count). The first-order valence-corrected chi connectivity index (χ1v) is 3.03. The molecule has 11 heavy (non-hydrogen) atoms. The molecule has 0 aliphatic heterocycles. The van der Waals surface area contributed by atoms with Crippen LogP contribution in [0.3, 0.4) is 0 Å². The molecule has 0 aliphatic rings. The summed E-state index contributed by atoms with van der Waals surface area (Å²) in [6.07, 6.45) is -0.176. The Bertz CT molecular complexity index is 239. The predicted molar refractivity (Wildman–Crippen MR) is 34.9 cm³/mol. The predicted octanol–water partition coefficient (Wildman–Crippen LogP) is 0.873. The van der Waals surface area contributed by atoms with E-state index >= 15 is 0 Å². The molecule has 0 fully saturated rings. The van der Waals surface area contributed by atoms with E-state index < -0.39 is 6.43 Å². The first-order valence-electron chi connectivity index (χ1n) is 3.03. The number of nitrogens with two attached hydrogens (primary N) is 1. The van der Waals surface area contributed by atoms with E-state index in [-0.39, 0.29) is 12.2 Å². The van der Waals surface area contributed by atoms with Gasteiger partial charge in [-0.2, -0.15) is 0 Å². The number of hydrogen-bond donors (Lipinski definition) is 1. The molecule has 0 saturated heterocycles. The average molecular weight is 159 g/mol. The lowest BCUT2D eigenvalue weighted by Gasteiger charge is -1.99.